The van der Waals surface area contributed by atoms with Gasteiger partial charge >= 0.3 is 5.97 Å². The predicted molar refractivity (Wildman–Crippen MR) is 89.9 cm³/mol. The van der Waals surface area contributed by atoms with E-state index in [0.717, 1.165) is 57.8 Å². The number of aliphatic hydroxyl groups is 2. The maximum Gasteiger partial charge on any atom is 0.327 e. The molecule has 0 spiro atoms. The Morgan fingerprint density at radius 2 is 1.32 bits per heavy atom. The van der Waals surface area contributed by atoms with E-state index < -0.39 is 5.97 Å². The molecule has 0 aromatic carbocycles. The first-order valence-electron chi connectivity index (χ1n) is 8.85. The second-order valence-corrected chi connectivity index (χ2v) is 6.02. The molecule has 4 nitrogen and oxygen atoms in total. The Hall–Kier alpha value is -0.870. The van der Waals surface area contributed by atoms with Crippen molar-refractivity contribution in [3.8, 4) is 0 Å². The van der Waals surface area contributed by atoms with E-state index in [1.165, 1.54) is 31.8 Å². The molecular weight excluding hydrogens is 280 g/mol. The van der Waals surface area contributed by atoms with Gasteiger partial charge in [0.05, 0.1) is 6.10 Å². The van der Waals surface area contributed by atoms with E-state index in [1.54, 1.807) is 6.08 Å². The van der Waals surface area contributed by atoms with Crippen LogP contribution in [0, 0.1) is 0 Å². The highest BCUT2D eigenvalue weighted by atomic mass is 16.4. The van der Waals surface area contributed by atoms with Gasteiger partial charge in [0.25, 0.3) is 0 Å². The van der Waals surface area contributed by atoms with Crippen molar-refractivity contribution < 1.29 is 20.1 Å². The van der Waals surface area contributed by atoms with Gasteiger partial charge in [-0.25, -0.2) is 4.79 Å². The maximum atomic E-state index is 10.3. The Kier molecular flexibility index (Phi) is 15.8. The first kappa shape index (κ1) is 21.1. The molecule has 1 unspecified atom stereocenters. The third kappa shape index (κ3) is 17.2. The van der Waals surface area contributed by atoms with Gasteiger partial charge in [0.1, 0.15) is 0 Å². The Morgan fingerprint density at radius 1 is 0.818 bits per heavy atom. The van der Waals surface area contributed by atoms with E-state index in [-0.39, 0.29) is 6.10 Å². The lowest BCUT2D eigenvalue weighted by Crippen LogP contribution is -2.05. The first-order chi connectivity index (χ1) is 10.7. The van der Waals surface area contributed by atoms with E-state index in [4.69, 9.17) is 10.2 Å². The number of carbonyl (C=O) groups is 1. The Bertz CT molecular complexity index is 276. The quantitative estimate of drug-likeness (QED) is 0.297. The lowest BCUT2D eigenvalue weighted by Gasteiger charge is -2.10. The summed E-state index contributed by atoms with van der Waals surface area (Å²) < 4.78 is 0. The molecule has 0 fully saturated rings. The molecular formula is C18H34O4. The summed E-state index contributed by atoms with van der Waals surface area (Å²) in [6.07, 6.45) is 16.3. The number of hydrogen-bond acceptors (Lipinski definition) is 3. The Morgan fingerprint density at radius 3 is 1.86 bits per heavy atom. The van der Waals surface area contributed by atoms with E-state index in [1.807, 2.05) is 0 Å². The standard InChI is InChI=1S/C18H34O4/c19-16-12-8-3-1-2-5-9-13-17(20)14-10-6-4-7-11-15-18(21)22/h11,15,17,19-20H,1-10,12-14,16H2,(H,21,22). The fraction of sp³-hybridized carbons (Fsp3) is 0.833. The zero-order valence-corrected chi connectivity index (χ0v) is 13.9. The van der Waals surface area contributed by atoms with Crippen molar-refractivity contribution in [3.63, 3.8) is 0 Å². The minimum absolute atomic E-state index is 0.177. The van der Waals surface area contributed by atoms with Crippen molar-refractivity contribution in [3.05, 3.63) is 12.2 Å². The average Bonchev–Trinajstić information content (AvgIpc) is 2.48. The van der Waals surface area contributed by atoms with Crippen LogP contribution in [0.2, 0.25) is 0 Å². The van der Waals surface area contributed by atoms with E-state index >= 15 is 0 Å². The van der Waals surface area contributed by atoms with Crippen LogP contribution in [-0.2, 0) is 4.79 Å². The predicted octanol–water partition coefficient (Wildman–Crippen LogP) is 4.05. The van der Waals surface area contributed by atoms with Crippen LogP contribution in [0.25, 0.3) is 0 Å². The summed E-state index contributed by atoms with van der Waals surface area (Å²) in [6, 6.07) is 0. The van der Waals surface area contributed by atoms with Gasteiger partial charge in [-0.1, -0.05) is 57.4 Å². The summed E-state index contributed by atoms with van der Waals surface area (Å²) in [5.41, 5.74) is 0. The van der Waals surface area contributed by atoms with Gasteiger partial charge in [0.2, 0.25) is 0 Å². The highest BCUT2D eigenvalue weighted by Gasteiger charge is 2.03. The molecule has 0 aromatic heterocycles. The minimum Gasteiger partial charge on any atom is -0.478 e. The van der Waals surface area contributed by atoms with Crippen LogP contribution in [0.4, 0.5) is 0 Å². The lowest BCUT2D eigenvalue weighted by atomic mass is 10.0. The summed E-state index contributed by atoms with van der Waals surface area (Å²) in [5, 5.41) is 27.0. The number of rotatable bonds is 16. The van der Waals surface area contributed by atoms with E-state index in [9.17, 15) is 9.90 Å². The largest absolute Gasteiger partial charge is 0.478 e. The van der Waals surface area contributed by atoms with Crippen LogP contribution in [0.5, 0.6) is 0 Å². The highest BCUT2D eigenvalue weighted by Crippen LogP contribution is 2.13. The SMILES string of the molecule is O=C(O)C=CCCCCCC(O)CCCCCCCCCO. The Balaban J connectivity index is 3.22. The molecule has 0 saturated heterocycles. The molecule has 130 valence electrons. The second-order valence-electron chi connectivity index (χ2n) is 6.02. The van der Waals surface area contributed by atoms with Gasteiger partial charge in [0, 0.05) is 12.7 Å². The number of hydrogen-bond donors (Lipinski definition) is 3. The summed E-state index contributed by atoms with van der Waals surface area (Å²) >= 11 is 0. The summed E-state index contributed by atoms with van der Waals surface area (Å²) in [7, 11) is 0. The molecule has 0 rings (SSSR count). The van der Waals surface area contributed by atoms with Crippen molar-refractivity contribution in [2.75, 3.05) is 6.61 Å². The summed E-state index contributed by atoms with van der Waals surface area (Å²) in [5.74, 6) is -0.885. The van der Waals surface area contributed by atoms with Crippen molar-refractivity contribution in [1.82, 2.24) is 0 Å². The number of allylic oxidation sites excluding steroid dienone is 1. The van der Waals surface area contributed by atoms with Crippen LogP contribution < -0.4 is 0 Å². The van der Waals surface area contributed by atoms with Gasteiger partial charge in [-0.3, -0.25) is 0 Å². The molecule has 0 aliphatic carbocycles. The molecule has 3 N–H and O–H groups in total. The van der Waals surface area contributed by atoms with Gasteiger partial charge in [0.15, 0.2) is 0 Å². The number of aliphatic hydroxyl groups excluding tert-OH is 2. The fourth-order valence-corrected chi connectivity index (χ4v) is 2.52. The molecule has 0 radical (unpaired) electrons. The number of carboxylic acid groups (broad SMARTS) is 1. The van der Waals surface area contributed by atoms with E-state index in [2.05, 4.69) is 0 Å². The monoisotopic (exact) mass is 314 g/mol. The van der Waals surface area contributed by atoms with Crippen LogP contribution in [0.3, 0.4) is 0 Å². The number of carboxylic acids is 1. The van der Waals surface area contributed by atoms with Crippen molar-refractivity contribution >= 4 is 5.97 Å². The van der Waals surface area contributed by atoms with Gasteiger partial charge in [-0.05, 0) is 32.1 Å². The van der Waals surface area contributed by atoms with Gasteiger partial charge in [-0.15, -0.1) is 0 Å². The van der Waals surface area contributed by atoms with Crippen LogP contribution >= 0.6 is 0 Å². The maximum absolute atomic E-state index is 10.3. The van der Waals surface area contributed by atoms with Crippen molar-refractivity contribution in [2.24, 2.45) is 0 Å². The van der Waals surface area contributed by atoms with Crippen molar-refractivity contribution in [2.45, 2.75) is 89.6 Å². The molecule has 0 aliphatic rings. The van der Waals surface area contributed by atoms with E-state index in [0.29, 0.717) is 6.61 Å². The number of aliphatic carboxylic acids is 1. The Labute approximate surface area is 135 Å². The van der Waals surface area contributed by atoms with Crippen LogP contribution in [-0.4, -0.2) is 34.0 Å². The number of unbranched alkanes of at least 4 members (excludes halogenated alkanes) is 9. The molecule has 22 heavy (non-hydrogen) atoms. The zero-order valence-electron chi connectivity index (χ0n) is 13.9. The molecule has 0 aromatic rings. The average molecular weight is 314 g/mol. The molecule has 0 saturated carbocycles. The third-order valence-electron chi connectivity index (χ3n) is 3.86. The van der Waals surface area contributed by atoms with Crippen LogP contribution in [0.1, 0.15) is 83.5 Å². The third-order valence-corrected chi connectivity index (χ3v) is 3.86. The van der Waals surface area contributed by atoms with Gasteiger partial charge in [-0.2, -0.15) is 0 Å². The minimum atomic E-state index is -0.885. The lowest BCUT2D eigenvalue weighted by molar-refractivity contribution is -0.131. The molecule has 0 aliphatic heterocycles. The molecule has 0 amide bonds. The summed E-state index contributed by atoms with van der Waals surface area (Å²) in [6.45, 7) is 0.308. The zero-order chi connectivity index (χ0) is 16.5. The van der Waals surface area contributed by atoms with Crippen molar-refractivity contribution in [1.29, 1.82) is 0 Å². The smallest absolute Gasteiger partial charge is 0.327 e. The van der Waals surface area contributed by atoms with Gasteiger partial charge < -0.3 is 15.3 Å². The molecule has 0 bridgehead atoms. The summed E-state index contributed by atoms with van der Waals surface area (Å²) in [4.78, 5) is 10.3. The normalized spacial score (nSPS) is 12.8. The molecule has 1 atom stereocenters. The first-order valence-corrected chi connectivity index (χ1v) is 8.85. The second kappa shape index (κ2) is 16.5. The fourth-order valence-electron chi connectivity index (χ4n) is 2.52. The van der Waals surface area contributed by atoms with Crippen LogP contribution in [0.15, 0.2) is 12.2 Å². The molecule has 0 heterocycles. The molecule has 4 heteroatoms. The topological polar surface area (TPSA) is 77.8 Å². The highest BCUT2D eigenvalue weighted by molar-refractivity contribution is 5.79.